The molecule has 0 aliphatic rings. The lowest BCUT2D eigenvalue weighted by molar-refractivity contribution is 0.0696. The molecular formula is C22H18BrNO7S. The van der Waals surface area contributed by atoms with Gasteiger partial charge in [-0.25, -0.2) is 9.59 Å². The number of aromatic carboxylic acids is 1. The molecule has 0 saturated heterocycles. The molecule has 1 amide bonds. The molecule has 3 rings (SSSR count). The Morgan fingerprint density at radius 3 is 2.28 bits per heavy atom. The number of aryl methyl sites for hydroxylation is 1. The standard InChI is InChI=1S/C22H18BrNO7S/c1-14-7-9-16(10-8-14)32(28,29)31-20-17(23)11-12-18(19(20)21(25)26)24-22(27)30-13-15-5-3-2-4-6-15/h2-12H,13H2,1H3,(H,24,27)(H,25,26). The monoisotopic (exact) mass is 519 g/mol. The van der Waals surface area contributed by atoms with Crippen LogP contribution in [0.3, 0.4) is 0 Å². The van der Waals surface area contributed by atoms with E-state index in [1.54, 1.807) is 43.3 Å². The topological polar surface area (TPSA) is 119 Å². The zero-order chi connectivity index (χ0) is 23.3. The van der Waals surface area contributed by atoms with Crippen LogP contribution < -0.4 is 9.50 Å². The molecule has 0 atom stereocenters. The van der Waals surface area contributed by atoms with Crippen molar-refractivity contribution < 1.29 is 32.0 Å². The van der Waals surface area contributed by atoms with E-state index in [1.807, 2.05) is 6.07 Å². The number of rotatable bonds is 7. The number of ether oxygens (including phenoxy) is 1. The number of amides is 1. The number of nitrogens with one attached hydrogen (secondary N) is 1. The molecule has 0 fully saturated rings. The first-order chi connectivity index (χ1) is 15.2. The van der Waals surface area contributed by atoms with Gasteiger partial charge in [0, 0.05) is 0 Å². The second kappa shape index (κ2) is 9.84. The van der Waals surface area contributed by atoms with Gasteiger partial charge in [0.2, 0.25) is 0 Å². The summed E-state index contributed by atoms with van der Waals surface area (Å²) < 4.78 is 35.7. The molecule has 0 spiro atoms. The van der Waals surface area contributed by atoms with E-state index in [4.69, 9.17) is 8.92 Å². The lowest BCUT2D eigenvalue weighted by Gasteiger charge is -2.15. The van der Waals surface area contributed by atoms with Gasteiger partial charge >= 0.3 is 22.2 Å². The zero-order valence-electron chi connectivity index (χ0n) is 16.7. The van der Waals surface area contributed by atoms with Crippen molar-refractivity contribution in [2.24, 2.45) is 0 Å². The third-order valence-electron chi connectivity index (χ3n) is 4.28. The van der Waals surface area contributed by atoms with Crippen molar-refractivity contribution in [1.82, 2.24) is 0 Å². The van der Waals surface area contributed by atoms with Crippen LogP contribution in [0.2, 0.25) is 0 Å². The third kappa shape index (κ3) is 5.65. The minimum absolute atomic E-state index is 0.0310. The van der Waals surface area contributed by atoms with Gasteiger partial charge in [-0.1, -0.05) is 48.0 Å². The summed E-state index contributed by atoms with van der Waals surface area (Å²) in [7, 11) is -4.34. The maximum absolute atomic E-state index is 12.7. The van der Waals surface area contributed by atoms with E-state index in [9.17, 15) is 23.1 Å². The predicted octanol–water partition coefficient (Wildman–Crippen LogP) is 4.97. The fourth-order valence-corrected chi connectivity index (χ4v) is 4.16. The Balaban J connectivity index is 1.87. The van der Waals surface area contributed by atoms with Crippen molar-refractivity contribution >= 4 is 43.8 Å². The van der Waals surface area contributed by atoms with Gasteiger partial charge in [0.25, 0.3) is 0 Å². The average Bonchev–Trinajstić information content (AvgIpc) is 2.75. The molecule has 0 heterocycles. The van der Waals surface area contributed by atoms with Gasteiger partial charge in [0.15, 0.2) is 5.75 Å². The van der Waals surface area contributed by atoms with Gasteiger partial charge in [-0.2, -0.15) is 8.42 Å². The molecular weight excluding hydrogens is 502 g/mol. The lowest BCUT2D eigenvalue weighted by Crippen LogP contribution is -2.18. The number of carboxylic acid groups (broad SMARTS) is 1. The Labute approximate surface area is 193 Å². The van der Waals surface area contributed by atoms with Gasteiger partial charge in [-0.05, 0) is 52.7 Å². The number of carbonyl (C=O) groups excluding carboxylic acids is 1. The minimum Gasteiger partial charge on any atom is -0.477 e. The van der Waals surface area contributed by atoms with Crippen LogP contribution in [-0.2, 0) is 21.5 Å². The fraction of sp³-hybridized carbons (Fsp3) is 0.0909. The Morgan fingerprint density at radius 1 is 1.00 bits per heavy atom. The molecule has 3 aromatic carbocycles. The first-order valence-electron chi connectivity index (χ1n) is 9.22. The van der Waals surface area contributed by atoms with Crippen LogP contribution in [0.5, 0.6) is 5.75 Å². The quantitative estimate of drug-likeness (QED) is 0.422. The normalized spacial score (nSPS) is 10.9. The second-order valence-corrected chi connectivity index (χ2v) is 9.04. The van der Waals surface area contributed by atoms with Crippen LogP contribution in [0.1, 0.15) is 21.5 Å². The number of hydrogen-bond acceptors (Lipinski definition) is 6. The zero-order valence-corrected chi connectivity index (χ0v) is 19.1. The highest BCUT2D eigenvalue weighted by Crippen LogP contribution is 2.36. The maximum atomic E-state index is 12.7. The van der Waals surface area contributed by atoms with Gasteiger partial charge < -0.3 is 14.0 Å². The highest BCUT2D eigenvalue weighted by Gasteiger charge is 2.27. The molecule has 0 bridgehead atoms. The Bertz CT molecular complexity index is 1240. The van der Waals surface area contributed by atoms with Crippen molar-refractivity contribution in [2.75, 3.05) is 5.32 Å². The SMILES string of the molecule is Cc1ccc(S(=O)(=O)Oc2c(Br)ccc(NC(=O)OCc3ccccc3)c2C(=O)O)cc1. The summed E-state index contributed by atoms with van der Waals surface area (Å²) in [5.74, 6) is -1.97. The Morgan fingerprint density at radius 2 is 1.66 bits per heavy atom. The van der Waals surface area contributed by atoms with Crippen LogP contribution in [-0.4, -0.2) is 25.6 Å². The number of anilines is 1. The van der Waals surface area contributed by atoms with E-state index in [1.165, 1.54) is 24.3 Å². The Hall–Kier alpha value is -3.37. The molecule has 2 N–H and O–H groups in total. The summed E-state index contributed by atoms with van der Waals surface area (Å²) in [4.78, 5) is 24.0. The van der Waals surface area contributed by atoms with E-state index in [2.05, 4.69) is 21.2 Å². The first kappa shape index (κ1) is 23.3. The molecule has 8 nitrogen and oxygen atoms in total. The predicted molar refractivity (Wildman–Crippen MR) is 120 cm³/mol. The summed E-state index contributed by atoms with van der Waals surface area (Å²) in [5.41, 5.74) is 0.848. The number of hydrogen-bond donors (Lipinski definition) is 2. The summed E-state index contributed by atoms with van der Waals surface area (Å²) in [6.07, 6.45) is -0.911. The van der Waals surface area contributed by atoms with E-state index in [-0.39, 0.29) is 21.7 Å². The largest absolute Gasteiger partial charge is 0.477 e. The minimum atomic E-state index is -4.34. The van der Waals surface area contributed by atoms with Crippen LogP contribution in [0.15, 0.2) is 76.1 Å². The fourth-order valence-electron chi connectivity index (χ4n) is 2.69. The van der Waals surface area contributed by atoms with Gasteiger partial charge in [0.1, 0.15) is 17.1 Å². The van der Waals surface area contributed by atoms with Crippen molar-refractivity contribution in [3.05, 3.63) is 87.9 Å². The summed E-state index contributed by atoms with van der Waals surface area (Å²) in [6, 6.07) is 17.4. The van der Waals surface area contributed by atoms with Crippen LogP contribution in [0, 0.1) is 6.92 Å². The highest BCUT2D eigenvalue weighted by molar-refractivity contribution is 9.10. The van der Waals surface area contributed by atoms with Crippen molar-refractivity contribution in [3.63, 3.8) is 0 Å². The molecule has 0 saturated carbocycles. The van der Waals surface area contributed by atoms with Crippen molar-refractivity contribution in [1.29, 1.82) is 0 Å². The van der Waals surface area contributed by atoms with Crippen LogP contribution in [0.25, 0.3) is 0 Å². The van der Waals surface area contributed by atoms with E-state index >= 15 is 0 Å². The van der Waals surface area contributed by atoms with Gasteiger partial charge in [-0.15, -0.1) is 0 Å². The molecule has 0 unspecified atom stereocenters. The first-order valence-corrected chi connectivity index (χ1v) is 11.4. The summed E-state index contributed by atoms with van der Waals surface area (Å²) >= 11 is 3.12. The summed E-state index contributed by atoms with van der Waals surface area (Å²) in [5, 5.41) is 12.0. The van der Waals surface area contributed by atoms with Gasteiger partial charge in [-0.3, -0.25) is 5.32 Å². The van der Waals surface area contributed by atoms with Crippen LogP contribution in [0.4, 0.5) is 10.5 Å². The van der Waals surface area contributed by atoms with E-state index in [0.717, 1.165) is 11.1 Å². The molecule has 0 aliphatic carbocycles. The van der Waals surface area contributed by atoms with Crippen molar-refractivity contribution in [2.45, 2.75) is 18.4 Å². The van der Waals surface area contributed by atoms with E-state index in [0.29, 0.717) is 0 Å². The number of benzene rings is 3. The lowest BCUT2D eigenvalue weighted by atomic mass is 10.1. The molecule has 0 aromatic heterocycles. The number of carbonyl (C=O) groups is 2. The van der Waals surface area contributed by atoms with E-state index < -0.39 is 33.5 Å². The molecule has 0 aliphatic heterocycles. The smallest absolute Gasteiger partial charge is 0.411 e. The van der Waals surface area contributed by atoms with Crippen molar-refractivity contribution in [3.8, 4) is 5.75 Å². The molecule has 166 valence electrons. The number of carboxylic acids is 1. The highest BCUT2D eigenvalue weighted by atomic mass is 79.9. The third-order valence-corrected chi connectivity index (χ3v) is 6.14. The molecule has 0 radical (unpaired) electrons. The molecule has 10 heteroatoms. The molecule has 32 heavy (non-hydrogen) atoms. The maximum Gasteiger partial charge on any atom is 0.411 e. The average molecular weight is 520 g/mol. The Kier molecular flexibility index (Phi) is 7.16. The number of halogens is 1. The molecule has 3 aromatic rings. The van der Waals surface area contributed by atoms with Gasteiger partial charge in [0.05, 0.1) is 10.2 Å². The summed E-state index contributed by atoms with van der Waals surface area (Å²) in [6.45, 7) is 1.76. The second-order valence-electron chi connectivity index (χ2n) is 6.64. The van der Waals surface area contributed by atoms with Crippen LogP contribution >= 0.6 is 15.9 Å².